The van der Waals surface area contributed by atoms with Crippen LogP contribution in [-0.4, -0.2) is 19.0 Å². The highest BCUT2D eigenvalue weighted by molar-refractivity contribution is 6.39. The standard InChI is InChI=1S/C13H16Cl2N2O/c14-10-5-2-6-11(15)13(10)17-12(18)8-16-7-9-3-1-4-9/h2,5-6,9,16H,1,3-4,7-8H2,(H,17,18). The van der Waals surface area contributed by atoms with Crippen molar-refractivity contribution in [3.8, 4) is 0 Å². The second-order valence-electron chi connectivity index (χ2n) is 4.57. The third-order valence-electron chi connectivity index (χ3n) is 3.17. The van der Waals surface area contributed by atoms with Gasteiger partial charge in [0.2, 0.25) is 5.91 Å². The molecular formula is C13H16Cl2N2O. The van der Waals surface area contributed by atoms with E-state index in [0.29, 0.717) is 15.7 Å². The molecule has 0 heterocycles. The number of hydrogen-bond donors (Lipinski definition) is 2. The SMILES string of the molecule is O=C(CNCC1CCC1)Nc1c(Cl)cccc1Cl. The van der Waals surface area contributed by atoms with Crippen LogP contribution >= 0.6 is 23.2 Å². The number of rotatable bonds is 5. The van der Waals surface area contributed by atoms with Gasteiger partial charge in [0.05, 0.1) is 22.3 Å². The average Bonchev–Trinajstić information content (AvgIpc) is 2.27. The van der Waals surface area contributed by atoms with E-state index >= 15 is 0 Å². The van der Waals surface area contributed by atoms with Gasteiger partial charge in [0.1, 0.15) is 0 Å². The van der Waals surface area contributed by atoms with E-state index in [4.69, 9.17) is 23.2 Å². The Morgan fingerprint density at radius 3 is 2.50 bits per heavy atom. The van der Waals surface area contributed by atoms with Crippen LogP contribution in [0.4, 0.5) is 5.69 Å². The molecule has 0 atom stereocenters. The van der Waals surface area contributed by atoms with Gasteiger partial charge in [-0.1, -0.05) is 35.7 Å². The number of hydrogen-bond acceptors (Lipinski definition) is 2. The lowest BCUT2D eigenvalue weighted by atomic mass is 9.85. The van der Waals surface area contributed by atoms with Crippen LogP contribution in [0.5, 0.6) is 0 Å². The van der Waals surface area contributed by atoms with Gasteiger partial charge in [-0.15, -0.1) is 0 Å². The zero-order valence-corrected chi connectivity index (χ0v) is 11.5. The van der Waals surface area contributed by atoms with Gasteiger partial charge in [0, 0.05) is 0 Å². The molecule has 1 aromatic carbocycles. The van der Waals surface area contributed by atoms with Gasteiger partial charge in [-0.05, 0) is 37.4 Å². The highest BCUT2D eigenvalue weighted by Crippen LogP contribution is 2.29. The molecule has 1 amide bonds. The van der Waals surface area contributed by atoms with Crippen LogP contribution < -0.4 is 10.6 Å². The molecule has 0 saturated heterocycles. The van der Waals surface area contributed by atoms with Crippen molar-refractivity contribution in [2.75, 3.05) is 18.4 Å². The summed E-state index contributed by atoms with van der Waals surface area (Å²) in [6.07, 6.45) is 3.85. The van der Waals surface area contributed by atoms with Gasteiger partial charge in [-0.25, -0.2) is 0 Å². The van der Waals surface area contributed by atoms with E-state index in [1.807, 2.05) is 0 Å². The summed E-state index contributed by atoms with van der Waals surface area (Å²) in [5.41, 5.74) is 0.483. The molecule has 0 bridgehead atoms. The molecule has 1 fully saturated rings. The lowest BCUT2D eigenvalue weighted by Crippen LogP contribution is -2.33. The van der Waals surface area contributed by atoms with E-state index in [1.54, 1.807) is 18.2 Å². The number of nitrogens with one attached hydrogen (secondary N) is 2. The zero-order valence-electron chi connectivity index (χ0n) is 10.0. The fourth-order valence-electron chi connectivity index (χ4n) is 1.89. The molecule has 2 N–H and O–H groups in total. The van der Waals surface area contributed by atoms with Crippen LogP contribution in [0.2, 0.25) is 10.0 Å². The predicted molar refractivity (Wildman–Crippen MR) is 75.3 cm³/mol. The predicted octanol–water partition coefficient (Wildman–Crippen LogP) is 3.32. The molecule has 1 aromatic rings. The molecule has 3 nitrogen and oxygen atoms in total. The maximum atomic E-state index is 11.7. The van der Waals surface area contributed by atoms with Crippen LogP contribution in [0, 0.1) is 5.92 Å². The van der Waals surface area contributed by atoms with Crippen molar-refractivity contribution in [2.24, 2.45) is 5.92 Å². The molecule has 1 aliphatic rings. The van der Waals surface area contributed by atoms with Crippen molar-refractivity contribution in [1.82, 2.24) is 5.32 Å². The Kier molecular flexibility index (Phi) is 4.87. The number of carbonyl (C=O) groups is 1. The Bertz CT molecular complexity index is 413. The summed E-state index contributed by atoms with van der Waals surface area (Å²) in [6.45, 7) is 1.20. The van der Waals surface area contributed by atoms with Gasteiger partial charge >= 0.3 is 0 Å². The minimum absolute atomic E-state index is 0.121. The summed E-state index contributed by atoms with van der Waals surface area (Å²) in [4.78, 5) is 11.7. The second kappa shape index (κ2) is 6.41. The lowest BCUT2D eigenvalue weighted by Gasteiger charge is -2.25. The number of amides is 1. The summed E-state index contributed by atoms with van der Waals surface area (Å²) in [6, 6.07) is 5.14. The summed E-state index contributed by atoms with van der Waals surface area (Å²) in [5, 5.41) is 6.78. The molecule has 0 spiro atoms. The average molecular weight is 287 g/mol. The van der Waals surface area contributed by atoms with Crippen molar-refractivity contribution < 1.29 is 4.79 Å². The zero-order chi connectivity index (χ0) is 13.0. The quantitative estimate of drug-likeness (QED) is 0.872. The molecule has 5 heteroatoms. The number of para-hydroxylation sites is 1. The van der Waals surface area contributed by atoms with Crippen molar-refractivity contribution >= 4 is 34.8 Å². The maximum absolute atomic E-state index is 11.7. The van der Waals surface area contributed by atoms with Gasteiger partial charge in [-0.2, -0.15) is 0 Å². The maximum Gasteiger partial charge on any atom is 0.238 e. The molecule has 98 valence electrons. The minimum Gasteiger partial charge on any atom is -0.322 e. The van der Waals surface area contributed by atoms with Crippen LogP contribution in [0.3, 0.4) is 0 Å². The van der Waals surface area contributed by atoms with Crippen molar-refractivity contribution in [2.45, 2.75) is 19.3 Å². The Hall–Kier alpha value is -0.770. The summed E-state index contributed by atoms with van der Waals surface area (Å²) < 4.78 is 0. The molecule has 2 rings (SSSR count). The Labute approximate surface area is 117 Å². The van der Waals surface area contributed by atoms with Crippen LogP contribution in [-0.2, 0) is 4.79 Å². The Morgan fingerprint density at radius 1 is 1.28 bits per heavy atom. The molecule has 18 heavy (non-hydrogen) atoms. The van der Waals surface area contributed by atoms with Crippen LogP contribution in [0.25, 0.3) is 0 Å². The van der Waals surface area contributed by atoms with E-state index in [1.165, 1.54) is 19.3 Å². The first-order valence-corrected chi connectivity index (χ1v) is 6.87. The van der Waals surface area contributed by atoms with Crippen molar-refractivity contribution in [3.63, 3.8) is 0 Å². The topological polar surface area (TPSA) is 41.1 Å². The van der Waals surface area contributed by atoms with E-state index in [0.717, 1.165) is 12.5 Å². The fraction of sp³-hybridized carbons (Fsp3) is 0.462. The highest BCUT2D eigenvalue weighted by Gasteiger charge is 2.17. The first-order valence-electron chi connectivity index (χ1n) is 6.11. The second-order valence-corrected chi connectivity index (χ2v) is 5.39. The molecule has 0 radical (unpaired) electrons. The fourth-order valence-corrected chi connectivity index (χ4v) is 2.38. The number of carbonyl (C=O) groups excluding carboxylic acids is 1. The van der Waals surface area contributed by atoms with E-state index in [-0.39, 0.29) is 12.5 Å². The van der Waals surface area contributed by atoms with Gasteiger partial charge < -0.3 is 10.6 Å². The first kappa shape index (κ1) is 13.7. The Morgan fingerprint density at radius 2 is 1.94 bits per heavy atom. The summed E-state index contributed by atoms with van der Waals surface area (Å²) in [5.74, 6) is 0.617. The van der Waals surface area contributed by atoms with Crippen molar-refractivity contribution in [1.29, 1.82) is 0 Å². The smallest absolute Gasteiger partial charge is 0.238 e. The van der Waals surface area contributed by atoms with Crippen molar-refractivity contribution in [3.05, 3.63) is 28.2 Å². The van der Waals surface area contributed by atoms with E-state index in [9.17, 15) is 4.79 Å². The molecule has 1 saturated carbocycles. The minimum atomic E-state index is -0.121. The normalized spacial score (nSPS) is 15.2. The molecule has 0 aromatic heterocycles. The van der Waals surface area contributed by atoms with Gasteiger partial charge in [-0.3, -0.25) is 4.79 Å². The monoisotopic (exact) mass is 286 g/mol. The van der Waals surface area contributed by atoms with Gasteiger partial charge in [0.25, 0.3) is 0 Å². The summed E-state index contributed by atoms with van der Waals surface area (Å²) in [7, 11) is 0. The lowest BCUT2D eigenvalue weighted by molar-refractivity contribution is -0.115. The highest BCUT2D eigenvalue weighted by atomic mass is 35.5. The number of anilines is 1. The molecule has 0 unspecified atom stereocenters. The van der Waals surface area contributed by atoms with E-state index < -0.39 is 0 Å². The Balaban J connectivity index is 1.79. The van der Waals surface area contributed by atoms with Crippen LogP contribution in [0.15, 0.2) is 18.2 Å². The molecule has 0 aliphatic heterocycles. The first-order chi connectivity index (χ1) is 8.66. The van der Waals surface area contributed by atoms with Gasteiger partial charge in [0.15, 0.2) is 0 Å². The summed E-state index contributed by atoms with van der Waals surface area (Å²) >= 11 is 11.9. The number of halogens is 2. The molecule has 1 aliphatic carbocycles. The third-order valence-corrected chi connectivity index (χ3v) is 3.80. The van der Waals surface area contributed by atoms with E-state index in [2.05, 4.69) is 10.6 Å². The van der Waals surface area contributed by atoms with Crippen LogP contribution in [0.1, 0.15) is 19.3 Å². The third kappa shape index (κ3) is 3.61. The molecular weight excluding hydrogens is 271 g/mol. The number of benzene rings is 1. The largest absolute Gasteiger partial charge is 0.322 e.